The lowest BCUT2D eigenvalue weighted by atomic mass is 9.78. The molecule has 1 aromatic rings. The largest absolute Gasteiger partial charge is 0.338 e. The fourth-order valence-electron chi connectivity index (χ4n) is 5.47. The quantitative estimate of drug-likeness (QED) is 0.733. The number of likely N-dealkylation sites (tertiary alicyclic amines) is 1. The standard InChI is InChI=1S/C23H35N3O3S/c1-18-9-10-19(2)22(16-18)30(28,29)25-14-12-24(13-15-25)17-23(27)26-11-5-7-20-6-3-4-8-21(20)26/h9-10,16,20-21H,3-8,11-15,17H2,1-2H3. The van der Waals surface area contributed by atoms with Gasteiger partial charge in [-0.3, -0.25) is 9.69 Å². The van der Waals surface area contributed by atoms with Gasteiger partial charge in [-0.2, -0.15) is 4.31 Å². The van der Waals surface area contributed by atoms with Crippen LogP contribution in [0.15, 0.2) is 23.1 Å². The summed E-state index contributed by atoms with van der Waals surface area (Å²) in [6.07, 6.45) is 7.35. The van der Waals surface area contributed by atoms with E-state index in [9.17, 15) is 13.2 Å². The molecule has 2 atom stereocenters. The Labute approximate surface area is 181 Å². The molecule has 3 fully saturated rings. The van der Waals surface area contributed by atoms with E-state index in [-0.39, 0.29) is 5.91 Å². The van der Waals surface area contributed by atoms with Crippen LogP contribution in [0.3, 0.4) is 0 Å². The van der Waals surface area contributed by atoms with E-state index >= 15 is 0 Å². The molecule has 30 heavy (non-hydrogen) atoms. The van der Waals surface area contributed by atoms with Crippen molar-refractivity contribution in [3.8, 4) is 0 Å². The normalized spacial score (nSPS) is 26.4. The third-order valence-corrected chi connectivity index (χ3v) is 9.26. The van der Waals surface area contributed by atoms with Crippen molar-refractivity contribution < 1.29 is 13.2 Å². The van der Waals surface area contributed by atoms with Gasteiger partial charge in [-0.05, 0) is 62.6 Å². The summed E-state index contributed by atoms with van der Waals surface area (Å²) in [5.74, 6) is 0.924. The van der Waals surface area contributed by atoms with Crippen LogP contribution in [0.4, 0.5) is 0 Å². The van der Waals surface area contributed by atoms with Crippen LogP contribution in [0.2, 0.25) is 0 Å². The molecule has 1 aromatic carbocycles. The maximum absolute atomic E-state index is 13.1. The van der Waals surface area contributed by atoms with Crippen molar-refractivity contribution in [3.63, 3.8) is 0 Å². The summed E-state index contributed by atoms with van der Waals surface area (Å²) in [6.45, 7) is 7.17. The molecule has 3 aliphatic rings. The topological polar surface area (TPSA) is 60.9 Å². The predicted molar refractivity (Wildman–Crippen MR) is 118 cm³/mol. The summed E-state index contributed by atoms with van der Waals surface area (Å²) >= 11 is 0. The van der Waals surface area contributed by atoms with Crippen LogP contribution in [0.25, 0.3) is 0 Å². The number of piperazine rings is 1. The van der Waals surface area contributed by atoms with E-state index in [1.807, 2.05) is 26.0 Å². The second-order valence-corrected chi connectivity index (χ2v) is 11.2. The highest BCUT2D eigenvalue weighted by atomic mass is 32.2. The van der Waals surface area contributed by atoms with Gasteiger partial charge in [0.1, 0.15) is 0 Å². The average molecular weight is 434 g/mol. The number of piperidine rings is 1. The molecule has 2 saturated heterocycles. The number of aryl methyl sites for hydroxylation is 2. The Balaban J connectivity index is 1.35. The number of hydrogen-bond donors (Lipinski definition) is 0. The van der Waals surface area contributed by atoms with Crippen molar-refractivity contribution in [2.75, 3.05) is 39.3 Å². The molecular weight excluding hydrogens is 398 g/mol. The van der Waals surface area contributed by atoms with Gasteiger partial charge >= 0.3 is 0 Å². The van der Waals surface area contributed by atoms with Gasteiger partial charge in [0.15, 0.2) is 0 Å². The second kappa shape index (κ2) is 8.97. The van der Waals surface area contributed by atoms with Crippen molar-refractivity contribution in [1.29, 1.82) is 0 Å². The van der Waals surface area contributed by atoms with Crippen LogP contribution in [0.1, 0.15) is 49.7 Å². The number of rotatable bonds is 4. The lowest BCUT2D eigenvalue weighted by Gasteiger charge is -2.45. The maximum Gasteiger partial charge on any atom is 0.243 e. The van der Waals surface area contributed by atoms with Gasteiger partial charge in [-0.25, -0.2) is 8.42 Å². The van der Waals surface area contributed by atoms with Crippen LogP contribution in [-0.2, 0) is 14.8 Å². The van der Waals surface area contributed by atoms with Gasteiger partial charge in [-0.1, -0.05) is 25.0 Å². The monoisotopic (exact) mass is 433 g/mol. The minimum absolute atomic E-state index is 0.234. The second-order valence-electron chi connectivity index (χ2n) is 9.29. The number of nitrogens with zero attached hydrogens (tertiary/aromatic N) is 3. The third kappa shape index (κ3) is 4.43. The van der Waals surface area contributed by atoms with Crippen LogP contribution in [0, 0.1) is 19.8 Å². The molecule has 2 heterocycles. The van der Waals surface area contributed by atoms with Crippen LogP contribution in [-0.4, -0.2) is 73.7 Å². The molecule has 1 aliphatic carbocycles. The molecule has 1 amide bonds. The molecule has 2 aliphatic heterocycles. The number of carbonyl (C=O) groups excluding carboxylic acids is 1. The zero-order valence-electron chi connectivity index (χ0n) is 18.3. The number of sulfonamides is 1. The zero-order chi connectivity index (χ0) is 21.3. The number of fused-ring (bicyclic) bond motifs is 1. The highest BCUT2D eigenvalue weighted by Crippen LogP contribution is 2.35. The smallest absolute Gasteiger partial charge is 0.243 e. The van der Waals surface area contributed by atoms with Crippen LogP contribution in [0.5, 0.6) is 0 Å². The average Bonchev–Trinajstić information content (AvgIpc) is 2.75. The molecule has 1 saturated carbocycles. The minimum Gasteiger partial charge on any atom is -0.338 e. The number of amides is 1. The summed E-state index contributed by atoms with van der Waals surface area (Å²) in [4.78, 5) is 17.7. The first kappa shape index (κ1) is 21.8. The summed E-state index contributed by atoms with van der Waals surface area (Å²) in [6, 6.07) is 6.01. The molecular formula is C23H35N3O3S. The van der Waals surface area contributed by atoms with E-state index in [0.29, 0.717) is 49.6 Å². The lowest BCUT2D eigenvalue weighted by Crippen LogP contribution is -2.55. The van der Waals surface area contributed by atoms with E-state index in [2.05, 4.69) is 9.80 Å². The third-order valence-electron chi connectivity index (χ3n) is 7.22. The fraction of sp³-hybridized carbons (Fsp3) is 0.696. The highest BCUT2D eigenvalue weighted by Gasteiger charge is 2.37. The summed E-state index contributed by atoms with van der Waals surface area (Å²) < 4.78 is 27.8. The highest BCUT2D eigenvalue weighted by molar-refractivity contribution is 7.89. The molecule has 2 unspecified atom stereocenters. The Morgan fingerprint density at radius 2 is 1.67 bits per heavy atom. The lowest BCUT2D eigenvalue weighted by molar-refractivity contribution is -0.139. The van der Waals surface area contributed by atoms with Crippen LogP contribution < -0.4 is 0 Å². The van der Waals surface area contributed by atoms with Gasteiger partial charge in [-0.15, -0.1) is 0 Å². The predicted octanol–water partition coefficient (Wildman–Crippen LogP) is 2.79. The first-order valence-electron chi connectivity index (χ1n) is 11.5. The Morgan fingerprint density at radius 3 is 2.43 bits per heavy atom. The molecule has 6 nitrogen and oxygen atoms in total. The first-order valence-corrected chi connectivity index (χ1v) is 12.9. The Hall–Kier alpha value is -1.44. The van der Waals surface area contributed by atoms with Gasteiger partial charge in [0.05, 0.1) is 11.4 Å². The van der Waals surface area contributed by atoms with Crippen molar-refractivity contribution in [2.24, 2.45) is 5.92 Å². The van der Waals surface area contributed by atoms with E-state index < -0.39 is 10.0 Å². The molecule has 166 valence electrons. The SMILES string of the molecule is Cc1ccc(C)c(S(=O)(=O)N2CCN(CC(=O)N3CCCC4CCCCC43)CC2)c1. The summed E-state index contributed by atoms with van der Waals surface area (Å²) in [7, 11) is -3.49. The van der Waals surface area contributed by atoms with Crippen molar-refractivity contribution in [2.45, 2.75) is 63.3 Å². The summed E-state index contributed by atoms with van der Waals surface area (Å²) in [5, 5.41) is 0. The number of carbonyl (C=O) groups is 1. The fourth-order valence-corrected chi connectivity index (χ4v) is 7.20. The summed E-state index contributed by atoms with van der Waals surface area (Å²) in [5.41, 5.74) is 1.73. The number of hydrogen-bond acceptors (Lipinski definition) is 4. The first-order chi connectivity index (χ1) is 14.4. The molecule has 0 N–H and O–H groups in total. The van der Waals surface area contributed by atoms with Gasteiger partial charge in [0.2, 0.25) is 15.9 Å². The van der Waals surface area contributed by atoms with E-state index in [1.165, 1.54) is 25.7 Å². The molecule has 0 aromatic heterocycles. The number of benzene rings is 1. The molecule has 0 spiro atoms. The molecule has 4 rings (SSSR count). The Bertz CT molecular complexity index is 876. The minimum atomic E-state index is -3.49. The molecule has 0 radical (unpaired) electrons. The molecule has 7 heteroatoms. The van der Waals surface area contributed by atoms with Gasteiger partial charge < -0.3 is 4.90 Å². The van der Waals surface area contributed by atoms with E-state index in [0.717, 1.165) is 30.5 Å². The van der Waals surface area contributed by atoms with E-state index in [1.54, 1.807) is 10.4 Å². The van der Waals surface area contributed by atoms with Crippen molar-refractivity contribution in [1.82, 2.24) is 14.1 Å². The maximum atomic E-state index is 13.1. The van der Waals surface area contributed by atoms with Gasteiger partial charge in [0, 0.05) is 38.8 Å². The Morgan fingerprint density at radius 1 is 0.967 bits per heavy atom. The van der Waals surface area contributed by atoms with Crippen molar-refractivity contribution >= 4 is 15.9 Å². The van der Waals surface area contributed by atoms with Crippen LogP contribution >= 0.6 is 0 Å². The van der Waals surface area contributed by atoms with E-state index in [4.69, 9.17) is 0 Å². The molecule has 0 bridgehead atoms. The Kier molecular flexibility index (Phi) is 6.51. The van der Waals surface area contributed by atoms with Crippen molar-refractivity contribution in [3.05, 3.63) is 29.3 Å². The van der Waals surface area contributed by atoms with Gasteiger partial charge in [0.25, 0.3) is 0 Å². The zero-order valence-corrected chi connectivity index (χ0v) is 19.2.